The van der Waals surface area contributed by atoms with E-state index in [-0.39, 0.29) is 23.9 Å². The SMILES string of the molecule is CCCCN(CC(=O)N[C@@](C)(C#N)C(C)C)Cc1nc2ccccc2c(=O)[nH]1. The summed E-state index contributed by atoms with van der Waals surface area (Å²) in [7, 11) is 0. The molecule has 2 aromatic rings. The molecule has 0 aliphatic carbocycles. The van der Waals surface area contributed by atoms with E-state index in [4.69, 9.17) is 0 Å². The van der Waals surface area contributed by atoms with Crippen LogP contribution in [0.15, 0.2) is 29.1 Å². The minimum Gasteiger partial charge on any atom is -0.337 e. The van der Waals surface area contributed by atoms with Gasteiger partial charge in [0.15, 0.2) is 0 Å². The fraction of sp³-hybridized carbons (Fsp3) is 0.524. The maximum absolute atomic E-state index is 12.6. The molecule has 0 aliphatic heterocycles. The molecule has 0 radical (unpaired) electrons. The first kappa shape index (κ1) is 21.6. The number of nitrogens with one attached hydrogen (secondary N) is 2. The number of nitrogens with zero attached hydrogens (tertiary/aromatic N) is 3. The molecule has 1 aromatic heterocycles. The van der Waals surface area contributed by atoms with Gasteiger partial charge in [0.25, 0.3) is 5.56 Å². The monoisotopic (exact) mass is 383 g/mol. The Morgan fingerprint density at radius 3 is 2.75 bits per heavy atom. The van der Waals surface area contributed by atoms with E-state index in [0.29, 0.717) is 29.8 Å². The first-order valence-electron chi connectivity index (χ1n) is 9.71. The number of hydrogen-bond donors (Lipinski definition) is 2. The Balaban J connectivity index is 2.17. The molecule has 1 amide bonds. The van der Waals surface area contributed by atoms with Gasteiger partial charge in [-0.25, -0.2) is 4.98 Å². The van der Waals surface area contributed by atoms with Gasteiger partial charge < -0.3 is 10.3 Å². The predicted octanol–water partition coefficient (Wildman–Crippen LogP) is 2.58. The van der Waals surface area contributed by atoms with Crippen LogP contribution in [0.2, 0.25) is 0 Å². The van der Waals surface area contributed by atoms with Gasteiger partial charge in [-0.3, -0.25) is 14.5 Å². The molecule has 2 rings (SSSR count). The first-order chi connectivity index (χ1) is 13.3. The summed E-state index contributed by atoms with van der Waals surface area (Å²) >= 11 is 0. The molecule has 0 unspecified atom stereocenters. The van der Waals surface area contributed by atoms with Crippen molar-refractivity contribution in [2.45, 2.75) is 52.6 Å². The molecule has 0 aliphatic rings. The lowest BCUT2D eigenvalue weighted by Crippen LogP contribution is -2.51. The van der Waals surface area contributed by atoms with Crippen LogP contribution in [0, 0.1) is 17.2 Å². The van der Waals surface area contributed by atoms with Crippen molar-refractivity contribution in [3.8, 4) is 6.07 Å². The number of carbonyl (C=O) groups is 1. The number of hydrogen-bond acceptors (Lipinski definition) is 5. The normalized spacial score (nSPS) is 13.5. The standard InChI is InChI=1S/C21H29N5O2/c1-5-6-11-26(13-19(27)25-21(4,14-22)15(2)3)12-18-23-17-10-8-7-9-16(17)20(28)24-18/h7-10,15H,5-6,11-13H2,1-4H3,(H,25,27)(H,23,24,28)/t21-/m0/s1. The Labute approximate surface area is 165 Å². The van der Waals surface area contributed by atoms with E-state index in [1.165, 1.54) is 0 Å². The Morgan fingerprint density at radius 2 is 2.11 bits per heavy atom. The fourth-order valence-corrected chi connectivity index (χ4v) is 2.85. The molecule has 2 N–H and O–H groups in total. The molecular weight excluding hydrogens is 354 g/mol. The Morgan fingerprint density at radius 1 is 1.39 bits per heavy atom. The number of benzene rings is 1. The number of rotatable bonds is 9. The Hall–Kier alpha value is -2.72. The summed E-state index contributed by atoms with van der Waals surface area (Å²) in [5.74, 6) is 0.306. The molecule has 1 atom stereocenters. The number of aromatic nitrogens is 2. The highest BCUT2D eigenvalue weighted by atomic mass is 16.2. The smallest absolute Gasteiger partial charge is 0.258 e. The molecule has 0 fully saturated rings. The van der Waals surface area contributed by atoms with Gasteiger partial charge in [-0.15, -0.1) is 0 Å². The fourth-order valence-electron chi connectivity index (χ4n) is 2.85. The zero-order valence-corrected chi connectivity index (χ0v) is 17.1. The molecular formula is C21H29N5O2. The zero-order chi connectivity index (χ0) is 20.7. The third-order valence-electron chi connectivity index (χ3n) is 5.02. The third-order valence-corrected chi connectivity index (χ3v) is 5.02. The highest BCUT2D eigenvalue weighted by Gasteiger charge is 2.30. The second-order valence-corrected chi connectivity index (χ2v) is 7.61. The lowest BCUT2D eigenvalue weighted by atomic mass is 9.90. The Bertz CT molecular complexity index is 915. The molecule has 0 bridgehead atoms. The van der Waals surface area contributed by atoms with Gasteiger partial charge in [-0.05, 0) is 37.9 Å². The molecule has 1 aromatic carbocycles. The van der Waals surface area contributed by atoms with Gasteiger partial charge in [-0.1, -0.05) is 39.3 Å². The van der Waals surface area contributed by atoms with E-state index in [1.807, 2.05) is 24.8 Å². The molecule has 0 saturated carbocycles. The minimum atomic E-state index is -0.914. The second kappa shape index (κ2) is 9.47. The lowest BCUT2D eigenvalue weighted by Gasteiger charge is -2.29. The van der Waals surface area contributed by atoms with Crippen molar-refractivity contribution in [1.29, 1.82) is 5.26 Å². The van der Waals surface area contributed by atoms with Crippen LogP contribution in [-0.4, -0.2) is 39.4 Å². The predicted molar refractivity (Wildman–Crippen MR) is 110 cm³/mol. The first-order valence-corrected chi connectivity index (χ1v) is 9.71. The molecule has 1 heterocycles. The molecule has 28 heavy (non-hydrogen) atoms. The molecule has 0 spiro atoms. The number of amides is 1. The number of fused-ring (bicyclic) bond motifs is 1. The number of carbonyl (C=O) groups excluding carboxylic acids is 1. The zero-order valence-electron chi connectivity index (χ0n) is 17.1. The Kier molecular flexibility index (Phi) is 7.30. The van der Waals surface area contributed by atoms with Crippen LogP contribution in [0.1, 0.15) is 46.4 Å². The summed E-state index contributed by atoms with van der Waals surface area (Å²) in [5, 5.41) is 12.8. The van der Waals surface area contributed by atoms with Crippen molar-refractivity contribution in [2.75, 3.05) is 13.1 Å². The van der Waals surface area contributed by atoms with E-state index in [0.717, 1.165) is 12.8 Å². The van der Waals surface area contributed by atoms with Crippen LogP contribution in [-0.2, 0) is 11.3 Å². The van der Waals surface area contributed by atoms with Crippen LogP contribution < -0.4 is 10.9 Å². The van der Waals surface area contributed by atoms with Crippen LogP contribution in [0.4, 0.5) is 0 Å². The average molecular weight is 383 g/mol. The second-order valence-electron chi connectivity index (χ2n) is 7.61. The largest absolute Gasteiger partial charge is 0.337 e. The summed E-state index contributed by atoms with van der Waals surface area (Å²) < 4.78 is 0. The number of para-hydroxylation sites is 1. The lowest BCUT2D eigenvalue weighted by molar-refractivity contribution is -0.124. The average Bonchev–Trinajstić information content (AvgIpc) is 2.65. The number of nitriles is 1. The molecule has 0 saturated heterocycles. The van der Waals surface area contributed by atoms with Crippen molar-refractivity contribution >= 4 is 16.8 Å². The van der Waals surface area contributed by atoms with Crippen molar-refractivity contribution in [2.24, 2.45) is 5.92 Å². The van der Waals surface area contributed by atoms with Crippen molar-refractivity contribution in [3.63, 3.8) is 0 Å². The molecule has 150 valence electrons. The van der Waals surface area contributed by atoms with Gasteiger partial charge in [-0.2, -0.15) is 5.26 Å². The van der Waals surface area contributed by atoms with Crippen molar-refractivity contribution < 1.29 is 4.79 Å². The van der Waals surface area contributed by atoms with Crippen LogP contribution in [0.3, 0.4) is 0 Å². The van der Waals surface area contributed by atoms with Crippen LogP contribution >= 0.6 is 0 Å². The van der Waals surface area contributed by atoms with Crippen molar-refractivity contribution in [1.82, 2.24) is 20.2 Å². The van der Waals surface area contributed by atoms with E-state index in [1.54, 1.807) is 25.1 Å². The topological polar surface area (TPSA) is 102 Å². The van der Waals surface area contributed by atoms with Crippen LogP contribution in [0.5, 0.6) is 0 Å². The van der Waals surface area contributed by atoms with Gasteiger partial charge in [0.05, 0.1) is 30.1 Å². The quantitative estimate of drug-likeness (QED) is 0.693. The highest BCUT2D eigenvalue weighted by molar-refractivity contribution is 5.79. The number of unbranched alkanes of at least 4 members (excludes halogenated alkanes) is 1. The number of aromatic amines is 1. The number of H-pyrrole nitrogens is 1. The minimum absolute atomic E-state index is 0.0101. The van der Waals surface area contributed by atoms with Gasteiger partial charge in [0.1, 0.15) is 11.4 Å². The van der Waals surface area contributed by atoms with Crippen LogP contribution in [0.25, 0.3) is 10.9 Å². The molecule has 7 heteroatoms. The molecule has 7 nitrogen and oxygen atoms in total. The van der Waals surface area contributed by atoms with E-state index >= 15 is 0 Å². The summed E-state index contributed by atoms with van der Waals surface area (Å²) in [6.07, 6.45) is 1.91. The van der Waals surface area contributed by atoms with Gasteiger partial charge in [0.2, 0.25) is 5.91 Å². The van der Waals surface area contributed by atoms with E-state index < -0.39 is 5.54 Å². The highest BCUT2D eigenvalue weighted by Crippen LogP contribution is 2.15. The summed E-state index contributed by atoms with van der Waals surface area (Å²) in [4.78, 5) is 34.2. The third kappa shape index (κ3) is 5.40. The van der Waals surface area contributed by atoms with Gasteiger partial charge in [0, 0.05) is 0 Å². The summed E-state index contributed by atoms with van der Waals surface area (Å²) in [6, 6.07) is 9.38. The summed E-state index contributed by atoms with van der Waals surface area (Å²) in [5.41, 5.74) is -0.460. The van der Waals surface area contributed by atoms with E-state index in [9.17, 15) is 14.9 Å². The van der Waals surface area contributed by atoms with Crippen molar-refractivity contribution in [3.05, 3.63) is 40.4 Å². The summed E-state index contributed by atoms with van der Waals surface area (Å²) in [6.45, 7) is 8.82. The van der Waals surface area contributed by atoms with Gasteiger partial charge >= 0.3 is 0 Å². The maximum atomic E-state index is 12.6. The van der Waals surface area contributed by atoms with E-state index in [2.05, 4.69) is 28.3 Å². The maximum Gasteiger partial charge on any atom is 0.258 e.